The van der Waals surface area contributed by atoms with Crippen LogP contribution in [0.15, 0.2) is 46.1 Å². The summed E-state index contributed by atoms with van der Waals surface area (Å²) in [6.45, 7) is 0. The standard InChI is InChI=1S/C9H7Cl2NO/c10-9(11)6-8(12-13)7-4-2-1-3-5-7/h1-6,13H/b12-8+. The van der Waals surface area contributed by atoms with Crippen molar-refractivity contribution in [3.63, 3.8) is 0 Å². The first-order valence-corrected chi connectivity index (χ1v) is 4.30. The Hall–Kier alpha value is -0.990. The van der Waals surface area contributed by atoms with Crippen LogP contribution in [0, 0.1) is 0 Å². The molecule has 4 heteroatoms. The van der Waals surface area contributed by atoms with Crippen LogP contribution in [0.4, 0.5) is 0 Å². The fraction of sp³-hybridized carbons (Fsp3) is 0. The maximum atomic E-state index is 8.65. The number of rotatable bonds is 2. The molecular weight excluding hydrogens is 209 g/mol. The molecule has 1 N–H and O–H groups in total. The van der Waals surface area contributed by atoms with Crippen LogP contribution >= 0.6 is 23.2 Å². The van der Waals surface area contributed by atoms with E-state index >= 15 is 0 Å². The van der Waals surface area contributed by atoms with Gasteiger partial charge in [0.1, 0.15) is 10.2 Å². The fourth-order valence-corrected chi connectivity index (χ4v) is 1.09. The van der Waals surface area contributed by atoms with Crippen LogP contribution in [0.3, 0.4) is 0 Å². The van der Waals surface area contributed by atoms with Crippen LogP contribution < -0.4 is 0 Å². The average Bonchev–Trinajstić information content (AvgIpc) is 2.15. The first-order valence-electron chi connectivity index (χ1n) is 3.54. The topological polar surface area (TPSA) is 32.6 Å². The monoisotopic (exact) mass is 215 g/mol. The lowest BCUT2D eigenvalue weighted by Crippen LogP contribution is -1.95. The van der Waals surface area contributed by atoms with Crippen LogP contribution in [-0.4, -0.2) is 10.9 Å². The van der Waals surface area contributed by atoms with E-state index in [1.807, 2.05) is 18.2 Å². The summed E-state index contributed by atoms with van der Waals surface area (Å²) < 4.78 is 0.0525. The molecule has 68 valence electrons. The Bertz CT molecular complexity index is 329. The third-order valence-corrected chi connectivity index (χ3v) is 1.64. The lowest BCUT2D eigenvalue weighted by atomic mass is 10.1. The van der Waals surface area contributed by atoms with Crippen molar-refractivity contribution in [2.75, 3.05) is 0 Å². The summed E-state index contributed by atoms with van der Waals surface area (Å²) in [6, 6.07) is 9.11. The second-order valence-corrected chi connectivity index (χ2v) is 3.29. The Morgan fingerprint density at radius 2 is 1.85 bits per heavy atom. The predicted molar refractivity (Wildman–Crippen MR) is 54.6 cm³/mol. The predicted octanol–water partition coefficient (Wildman–Crippen LogP) is 3.18. The molecule has 1 aromatic carbocycles. The molecular formula is C9H7Cl2NO. The number of benzene rings is 1. The second kappa shape index (κ2) is 4.90. The van der Waals surface area contributed by atoms with Gasteiger partial charge in [0, 0.05) is 5.56 Å². The highest BCUT2D eigenvalue weighted by molar-refractivity contribution is 6.57. The van der Waals surface area contributed by atoms with E-state index in [9.17, 15) is 0 Å². The van der Waals surface area contributed by atoms with Crippen molar-refractivity contribution in [3.8, 4) is 0 Å². The van der Waals surface area contributed by atoms with Crippen molar-refractivity contribution in [1.82, 2.24) is 0 Å². The summed E-state index contributed by atoms with van der Waals surface area (Å²) in [6.07, 6.45) is 1.37. The van der Waals surface area contributed by atoms with Crippen LogP contribution in [0.25, 0.3) is 0 Å². The van der Waals surface area contributed by atoms with Gasteiger partial charge < -0.3 is 5.21 Å². The van der Waals surface area contributed by atoms with Gasteiger partial charge in [0.05, 0.1) is 0 Å². The summed E-state index contributed by atoms with van der Waals surface area (Å²) in [5, 5.41) is 11.7. The fourth-order valence-electron chi connectivity index (χ4n) is 0.882. The molecule has 0 aliphatic heterocycles. The Labute approximate surface area is 86.1 Å². The van der Waals surface area contributed by atoms with E-state index in [-0.39, 0.29) is 4.49 Å². The largest absolute Gasteiger partial charge is 0.410 e. The van der Waals surface area contributed by atoms with Crippen molar-refractivity contribution < 1.29 is 5.21 Å². The van der Waals surface area contributed by atoms with E-state index in [2.05, 4.69) is 5.16 Å². The van der Waals surface area contributed by atoms with E-state index in [0.29, 0.717) is 5.71 Å². The third-order valence-electron chi connectivity index (χ3n) is 1.42. The number of allylic oxidation sites excluding steroid dienone is 1. The molecule has 0 saturated carbocycles. The zero-order valence-corrected chi connectivity index (χ0v) is 8.13. The molecule has 0 aliphatic rings. The Morgan fingerprint density at radius 3 is 2.31 bits per heavy atom. The van der Waals surface area contributed by atoms with Crippen molar-refractivity contribution in [1.29, 1.82) is 0 Å². The highest BCUT2D eigenvalue weighted by atomic mass is 35.5. The maximum absolute atomic E-state index is 8.65. The highest BCUT2D eigenvalue weighted by Gasteiger charge is 2.00. The number of hydrogen-bond acceptors (Lipinski definition) is 2. The number of nitrogens with zero attached hydrogens (tertiary/aromatic N) is 1. The summed E-state index contributed by atoms with van der Waals surface area (Å²) in [5.41, 5.74) is 1.09. The molecule has 0 spiro atoms. The zero-order valence-electron chi connectivity index (χ0n) is 6.61. The molecule has 0 radical (unpaired) electrons. The number of halogens is 2. The third kappa shape index (κ3) is 3.09. The minimum absolute atomic E-state index is 0.0525. The van der Waals surface area contributed by atoms with Gasteiger partial charge >= 0.3 is 0 Å². The molecule has 0 fully saturated rings. The molecule has 0 saturated heterocycles. The SMILES string of the molecule is O/N=C(\C=C(Cl)Cl)c1ccccc1. The van der Waals surface area contributed by atoms with Gasteiger partial charge in [0.15, 0.2) is 0 Å². The number of hydrogen-bond donors (Lipinski definition) is 1. The smallest absolute Gasteiger partial charge is 0.112 e. The molecule has 0 aliphatic carbocycles. The van der Waals surface area contributed by atoms with Gasteiger partial charge in [-0.15, -0.1) is 0 Å². The minimum Gasteiger partial charge on any atom is -0.410 e. The Morgan fingerprint density at radius 1 is 1.23 bits per heavy atom. The minimum atomic E-state index is 0.0525. The van der Waals surface area contributed by atoms with Crippen LogP contribution in [0.2, 0.25) is 0 Å². The van der Waals surface area contributed by atoms with E-state index < -0.39 is 0 Å². The van der Waals surface area contributed by atoms with E-state index in [1.165, 1.54) is 6.08 Å². The quantitative estimate of drug-likeness (QED) is 0.459. The first kappa shape index (κ1) is 10.1. The first-order chi connectivity index (χ1) is 6.24. The van der Waals surface area contributed by atoms with Crippen LogP contribution in [0.5, 0.6) is 0 Å². The lowest BCUT2D eigenvalue weighted by Gasteiger charge is -1.97. The summed E-state index contributed by atoms with van der Waals surface area (Å²) >= 11 is 10.9. The van der Waals surface area contributed by atoms with Gasteiger partial charge in [0.2, 0.25) is 0 Å². The molecule has 0 unspecified atom stereocenters. The summed E-state index contributed by atoms with van der Waals surface area (Å²) in [4.78, 5) is 0. The molecule has 0 heterocycles. The van der Waals surface area contributed by atoms with Gasteiger partial charge in [-0.3, -0.25) is 0 Å². The molecule has 0 amide bonds. The second-order valence-electron chi connectivity index (χ2n) is 2.29. The molecule has 0 bridgehead atoms. The van der Waals surface area contributed by atoms with Gasteiger partial charge in [-0.25, -0.2) is 0 Å². The Kier molecular flexibility index (Phi) is 3.80. The molecule has 1 rings (SSSR count). The number of oxime groups is 1. The Balaban J connectivity index is 3.00. The van der Waals surface area contributed by atoms with E-state index in [1.54, 1.807) is 12.1 Å². The highest BCUT2D eigenvalue weighted by Crippen LogP contribution is 2.10. The van der Waals surface area contributed by atoms with Gasteiger partial charge in [-0.1, -0.05) is 58.7 Å². The summed E-state index contributed by atoms with van der Waals surface area (Å²) in [5.74, 6) is 0. The van der Waals surface area contributed by atoms with E-state index in [4.69, 9.17) is 28.4 Å². The lowest BCUT2D eigenvalue weighted by molar-refractivity contribution is 0.320. The maximum Gasteiger partial charge on any atom is 0.112 e. The van der Waals surface area contributed by atoms with Crippen molar-refractivity contribution in [2.24, 2.45) is 5.16 Å². The average molecular weight is 216 g/mol. The van der Waals surface area contributed by atoms with Crippen molar-refractivity contribution in [2.45, 2.75) is 0 Å². The van der Waals surface area contributed by atoms with Crippen LogP contribution in [-0.2, 0) is 0 Å². The zero-order chi connectivity index (χ0) is 9.68. The molecule has 0 atom stereocenters. The molecule has 2 nitrogen and oxygen atoms in total. The molecule has 13 heavy (non-hydrogen) atoms. The van der Waals surface area contributed by atoms with Crippen molar-refractivity contribution >= 4 is 28.9 Å². The van der Waals surface area contributed by atoms with Crippen LogP contribution in [0.1, 0.15) is 5.56 Å². The molecule has 0 aromatic heterocycles. The van der Waals surface area contributed by atoms with E-state index in [0.717, 1.165) is 5.56 Å². The van der Waals surface area contributed by atoms with Gasteiger partial charge in [-0.05, 0) is 6.08 Å². The van der Waals surface area contributed by atoms with Gasteiger partial charge in [0.25, 0.3) is 0 Å². The molecule has 1 aromatic rings. The normalized spacial score (nSPS) is 11.1. The van der Waals surface area contributed by atoms with Gasteiger partial charge in [-0.2, -0.15) is 0 Å². The summed E-state index contributed by atoms with van der Waals surface area (Å²) in [7, 11) is 0. The van der Waals surface area contributed by atoms with Crippen molar-refractivity contribution in [3.05, 3.63) is 46.5 Å².